The second-order valence-corrected chi connectivity index (χ2v) is 18.9. The van der Waals surface area contributed by atoms with Crippen molar-refractivity contribution in [3.05, 3.63) is 93.9 Å². The highest BCUT2D eigenvalue weighted by atomic mass is 35.5. The molecule has 3 heterocycles. The smallest absolute Gasteiger partial charge is 0.407 e. The number of carbonyl (C=O) groups excluding carboxylic acids is 4. The molecule has 4 amide bonds. The molecule has 3 atom stereocenters. The maximum atomic E-state index is 13.8. The molecule has 2 aliphatic rings. The maximum absolute atomic E-state index is 13.8. The van der Waals surface area contributed by atoms with E-state index in [9.17, 15) is 39.0 Å². The second-order valence-electron chi connectivity index (χ2n) is 14.8. The summed E-state index contributed by atoms with van der Waals surface area (Å²) in [5.74, 6) is -2.61. The first-order valence-electron chi connectivity index (χ1n) is 18.9. The number of nitrogens with zero attached hydrogens (tertiary/aromatic N) is 3. The third-order valence-electron chi connectivity index (χ3n) is 9.22. The van der Waals surface area contributed by atoms with Crippen LogP contribution in [0.15, 0.2) is 88.1 Å². The van der Waals surface area contributed by atoms with Crippen molar-refractivity contribution < 1.29 is 53.0 Å². The first kappa shape index (κ1) is 47.4. The van der Waals surface area contributed by atoms with Gasteiger partial charge in [0.2, 0.25) is 12.5 Å². The average Bonchev–Trinajstić information content (AvgIpc) is 3.21. The van der Waals surface area contributed by atoms with E-state index >= 15 is 0 Å². The van der Waals surface area contributed by atoms with E-state index in [0.717, 1.165) is 4.90 Å². The van der Waals surface area contributed by atoms with E-state index in [1.54, 1.807) is 92.3 Å². The molecule has 1 aromatic heterocycles. The summed E-state index contributed by atoms with van der Waals surface area (Å²) in [6, 6.07) is 13.3. The number of carboxylic acid groups (broad SMARTS) is 2. The van der Waals surface area contributed by atoms with Gasteiger partial charge >= 0.3 is 18.0 Å². The van der Waals surface area contributed by atoms with Gasteiger partial charge in [0.15, 0.2) is 12.4 Å². The zero-order chi connectivity index (χ0) is 44.4. The predicted molar refractivity (Wildman–Crippen MR) is 233 cm³/mol. The van der Waals surface area contributed by atoms with Gasteiger partial charge in [-0.15, -0.1) is 35.3 Å². The zero-order valence-electron chi connectivity index (χ0n) is 33.7. The predicted octanol–water partition coefficient (Wildman–Crippen LogP) is 5.35. The summed E-state index contributed by atoms with van der Waals surface area (Å²) in [7, 11) is 1.53. The SMILES string of the molecule is COc1ccc(CC(C(=O)O)N(CCCNC(=O)OC(C)(C)C)C(=O)C[n+]2ccc(SCC3=C(C(=O)O)N4C(=O)[C@@H](NC(=O)CSc5cc(Cl)ccc5Cl)[C@H]4SC3)cc2)cc1. The highest BCUT2D eigenvalue weighted by molar-refractivity contribution is 8.01. The van der Waals surface area contributed by atoms with E-state index in [1.807, 2.05) is 0 Å². The molecule has 0 aliphatic carbocycles. The summed E-state index contributed by atoms with van der Waals surface area (Å²) in [4.78, 5) is 81.0. The topological polar surface area (TPSA) is 196 Å². The number of hydrogen-bond donors (Lipinski definition) is 4. The molecule has 1 fully saturated rings. The molecule has 0 bridgehead atoms. The number of benzene rings is 2. The zero-order valence-corrected chi connectivity index (χ0v) is 37.7. The van der Waals surface area contributed by atoms with Crippen molar-refractivity contribution in [3.63, 3.8) is 0 Å². The van der Waals surface area contributed by atoms with E-state index < -0.39 is 58.8 Å². The van der Waals surface area contributed by atoms with Crippen molar-refractivity contribution >= 4 is 94.2 Å². The Balaban J connectivity index is 1.20. The Morgan fingerprint density at radius 3 is 2.38 bits per heavy atom. The summed E-state index contributed by atoms with van der Waals surface area (Å²) in [5.41, 5.74) is 0.435. The number of methoxy groups -OCH3 is 1. The number of aliphatic carboxylic acids is 2. The van der Waals surface area contributed by atoms with Gasteiger partial charge in [0, 0.05) is 58.0 Å². The molecule has 326 valence electrons. The number of alkyl carbamates (subject to hydrolysis) is 1. The van der Waals surface area contributed by atoms with Crippen LogP contribution in [0, 0.1) is 0 Å². The molecule has 0 spiro atoms. The minimum absolute atomic E-state index is 0.0171. The van der Waals surface area contributed by atoms with Crippen LogP contribution in [0.5, 0.6) is 5.75 Å². The van der Waals surface area contributed by atoms with Crippen molar-refractivity contribution in [2.75, 3.05) is 37.5 Å². The van der Waals surface area contributed by atoms with Crippen LogP contribution in [0.4, 0.5) is 4.79 Å². The number of carboxylic acids is 2. The van der Waals surface area contributed by atoms with Gasteiger partial charge in [-0.3, -0.25) is 19.3 Å². The summed E-state index contributed by atoms with van der Waals surface area (Å²) in [6.45, 7) is 5.23. The number of carbonyl (C=O) groups is 6. The van der Waals surface area contributed by atoms with Crippen molar-refractivity contribution in [1.29, 1.82) is 0 Å². The van der Waals surface area contributed by atoms with Crippen LogP contribution in [0.2, 0.25) is 10.0 Å². The molecule has 1 saturated heterocycles. The molecular formula is C41H46Cl2N5O10S3+. The molecule has 1 unspecified atom stereocenters. The minimum atomic E-state index is -1.24. The minimum Gasteiger partial charge on any atom is -0.497 e. The second kappa shape index (κ2) is 21.4. The average molecular weight is 936 g/mol. The lowest BCUT2D eigenvalue weighted by Crippen LogP contribution is -2.70. The number of amides is 4. The van der Waals surface area contributed by atoms with Crippen LogP contribution in [-0.2, 0) is 41.7 Å². The van der Waals surface area contributed by atoms with E-state index in [2.05, 4.69) is 10.6 Å². The molecule has 5 rings (SSSR count). The highest BCUT2D eigenvalue weighted by Gasteiger charge is 2.54. The lowest BCUT2D eigenvalue weighted by Gasteiger charge is -2.49. The molecular weight excluding hydrogens is 890 g/mol. The Morgan fingerprint density at radius 1 is 1.03 bits per heavy atom. The monoisotopic (exact) mass is 934 g/mol. The number of aromatic nitrogens is 1. The fourth-order valence-electron chi connectivity index (χ4n) is 6.33. The number of pyridine rings is 1. The Hall–Kier alpha value is -4.62. The molecule has 4 N–H and O–H groups in total. The summed E-state index contributed by atoms with van der Waals surface area (Å²) in [5, 5.41) is 26.2. The van der Waals surface area contributed by atoms with Gasteiger partial charge in [0.1, 0.15) is 34.5 Å². The Kier molecular flexibility index (Phi) is 16.7. The van der Waals surface area contributed by atoms with Crippen LogP contribution < -0.4 is 19.9 Å². The normalized spacial score (nSPS) is 16.5. The van der Waals surface area contributed by atoms with Crippen LogP contribution in [0.1, 0.15) is 32.8 Å². The molecule has 0 saturated carbocycles. The maximum Gasteiger partial charge on any atom is 0.407 e. The molecule has 20 heteroatoms. The van der Waals surface area contributed by atoms with E-state index in [1.165, 1.54) is 52.2 Å². The van der Waals surface area contributed by atoms with Crippen molar-refractivity contribution in [2.24, 2.45) is 0 Å². The van der Waals surface area contributed by atoms with Gasteiger partial charge in [0.25, 0.3) is 11.8 Å². The van der Waals surface area contributed by atoms with Crippen LogP contribution >= 0.6 is 58.5 Å². The van der Waals surface area contributed by atoms with E-state index in [0.29, 0.717) is 37.6 Å². The van der Waals surface area contributed by atoms with Crippen molar-refractivity contribution in [1.82, 2.24) is 20.4 Å². The molecule has 0 radical (unpaired) electrons. The lowest BCUT2D eigenvalue weighted by molar-refractivity contribution is -0.685. The summed E-state index contributed by atoms with van der Waals surface area (Å²) >= 11 is 16.1. The van der Waals surface area contributed by atoms with Crippen molar-refractivity contribution in [3.8, 4) is 5.75 Å². The third kappa shape index (κ3) is 13.2. The van der Waals surface area contributed by atoms with Gasteiger partial charge in [0.05, 0.1) is 17.9 Å². The number of nitrogens with one attached hydrogen (secondary N) is 2. The lowest BCUT2D eigenvalue weighted by atomic mass is 10.0. The quantitative estimate of drug-likeness (QED) is 0.0521. The molecule has 3 aromatic rings. The first-order valence-corrected chi connectivity index (χ1v) is 22.7. The van der Waals surface area contributed by atoms with Crippen molar-refractivity contribution in [2.45, 2.75) is 73.0 Å². The number of ether oxygens (including phenoxy) is 2. The van der Waals surface area contributed by atoms with Gasteiger partial charge in [-0.2, -0.15) is 4.57 Å². The number of fused-ring (bicyclic) bond motifs is 1. The Morgan fingerprint density at radius 2 is 1.74 bits per heavy atom. The molecule has 2 aromatic carbocycles. The van der Waals surface area contributed by atoms with E-state index in [-0.39, 0.29) is 49.7 Å². The fourth-order valence-corrected chi connectivity index (χ4v) is 10.0. The number of thioether (sulfide) groups is 3. The Bertz CT molecular complexity index is 2150. The number of hydrogen-bond acceptors (Lipinski definition) is 11. The first-order chi connectivity index (χ1) is 28.9. The number of halogens is 2. The van der Waals surface area contributed by atoms with Gasteiger partial charge in [-0.05, 0) is 68.7 Å². The largest absolute Gasteiger partial charge is 0.497 e. The third-order valence-corrected chi connectivity index (χ3v) is 13.4. The highest BCUT2D eigenvalue weighted by Crippen LogP contribution is 2.42. The van der Waals surface area contributed by atoms with Gasteiger partial charge in [-0.25, -0.2) is 14.4 Å². The van der Waals surface area contributed by atoms with Crippen LogP contribution in [0.25, 0.3) is 0 Å². The summed E-state index contributed by atoms with van der Waals surface area (Å²) in [6.07, 6.45) is 3.03. The summed E-state index contributed by atoms with van der Waals surface area (Å²) < 4.78 is 12.1. The van der Waals surface area contributed by atoms with Crippen LogP contribution in [-0.4, -0.2) is 116 Å². The van der Waals surface area contributed by atoms with Gasteiger partial charge < -0.3 is 35.2 Å². The molecule has 2 aliphatic heterocycles. The molecule has 61 heavy (non-hydrogen) atoms. The molecule has 15 nitrogen and oxygen atoms in total. The van der Waals surface area contributed by atoms with E-state index in [4.69, 9.17) is 32.7 Å². The fraction of sp³-hybridized carbons (Fsp3) is 0.390. The number of rotatable bonds is 19. The number of β-lactam (4-membered cyclic amide) rings is 1. The van der Waals surface area contributed by atoms with Crippen LogP contribution in [0.3, 0.4) is 0 Å². The van der Waals surface area contributed by atoms with Gasteiger partial charge in [-0.1, -0.05) is 35.3 Å². The Labute approximate surface area is 375 Å². The standard InChI is InChI=1S/C41H45Cl2N5O10S3/c1-41(2,3)58-40(56)44-14-5-15-47(30(38(52)53)18-24-6-9-27(57-4)10-7-24)33(50)20-46-16-12-28(13-17-46)59-21-25-22-61-37-34(36(51)48(37)35(25)39(54)55)45-32(49)23-60-31-19-26(42)8-11-29(31)43/h6-13,16-17,19,30,34,37H,5,14-15,18,20-23H2,1-4H3,(H3-,44,45,49,52,53,54,55,56)/p+1/t30?,34-,37-/m1/s1.